The van der Waals surface area contributed by atoms with E-state index in [1.54, 1.807) is 13.0 Å². The zero-order chi connectivity index (χ0) is 14.9. The van der Waals surface area contributed by atoms with Gasteiger partial charge >= 0.3 is 6.03 Å². The molecular formula is C16H17FN2O. The van der Waals surface area contributed by atoms with Gasteiger partial charge in [-0.25, -0.2) is 9.18 Å². The molecule has 0 saturated carbocycles. The fraction of sp³-hybridized carbons (Fsp3) is 0.188. The van der Waals surface area contributed by atoms with Gasteiger partial charge in [0.25, 0.3) is 0 Å². The van der Waals surface area contributed by atoms with Crippen LogP contribution in [-0.4, -0.2) is 6.03 Å². The van der Waals surface area contributed by atoms with Crippen molar-refractivity contribution in [3.05, 3.63) is 52.8 Å². The van der Waals surface area contributed by atoms with Crippen LogP contribution in [0, 0.1) is 26.6 Å². The number of primary amides is 1. The number of urea groups is 1. The van der Waals surface area contributed by atoms with Crippen LogP contribution in [0.5, 0.6) is 0 Å². The van der Waals surface area contributed by atoms with E-state index in [9.17, 15) is 9.18 Å². The predicted octanol–water partition coefficient (Wildman–Crippen LogP) is 3.91. The summed E-state index contributed by atoms with van der Waals surface area (Å²) in [6, 6.07) is 8.23. The maximum atomic E-state index is 14.2. The van der Waals surface area contributed by atoms with Gasteiger partial charge in [-0.3, -0.25) is 0 Å². The van der Waals surface area contributed by atoms with Gasteiger partial charge in [0.1, 0.15) is 5.82 Å². The second-order valence-corrected chi connectivity index (χ2v) is 5.01. The third-order valence-electron chi connectivity index (χ3n) is 3.10. The lowest BCUT2D eigenvalue weighted by Gasteiger charge is -2.11. The second-order valence-electron chi connectivity index (χ2n) is 5.01. The molecular weight excluding hydrogens is 255 g/mol. The quantitative estimate of drug-likeness (QED) is 0.855. The van der Waals surface area contributed by atoms with E-state index in [2.05, 4.69) is 5.32 Å². The normalized spacial score (nSPS) is 10.4. The molecule has 3 nitrogen and oxygen atoms in total. The molecule has 0 radical (unpaired) electrons. The summed E-state index contributed by atoms with van der Waals surface area (Å²) in [4.78, 5) is 10.9. The Balaban J connectivity index is 2.52. The molecule has 0 aliphatic rings. The topological polar surface area (TPSA) is 55.1 Å². The van der Waals surface area contributed by atoms with E-state index in [0.29, 0.717) is 11.3 Å². The molecule has 0 atom stereocenters. The van der Waals surface area contributed by atoms with Gasteiger partial charge in [0, 0.05) is 11.3 Å². The highest BCUT2D eigenvalue weighted by Crippen LogP contribution is 2.29. The SMILES string of the molecule is Cc1cc(C)cc(-c2cc(C)c(NC(N)=O)cc2F)c1. The molecule has 104 valence electrons. The summed E-state index contributed by atoms with van der Waals surface area (Å²) in [5.74, 6) is -0.385. The monoisotopic (exact) mass is 272 g/mol. The highest BCUT2D eigenvalue weighted by Gasteiger charge is 2.11. The average Bonchev–Trinajstić information content (AvgIpc) is 2.31. The summed E-state index contributed by atoms with van der Waals surface area (Å²) in [5.41, 5.74) is 9.72. The summed E-state index contributed by atoms with van der Waals surface area (Å²) in [7, 11) is 0. The largest absolute Gasteiger partial charge is 0.351 e. The van der Waals surface area contributed by atoms with Crippen LogP contribution in [0.25, 0.3) is 11.1 Å². The number of aryl methyl sites for hydroxylation is 3. The number of carbonyl (C=O) groups excluding carboxylic acids is 1. The highest BCUT2D eigenvalue weighted by atomic mass is 19.1. The summed E-state index contributed by atoms with van der Waals surface area (Å²) in [6.45, 7) is 5.76. The summed E-state index contributed by atoms with van der Waals surface area (Å²) >= 11 is 0. The molecule has 0 fully saturated rings. The van der Waals surface area contributed by atoms with E-state index in [1.165, 1.54) is 6.07 Å². The Labute approximate surface area is 117 Å². The van der Waals surface area contributed by atoms with Crippen LogP contribution in [-0.2, 0) is 0 Å². The van der Waals surface area contributed by atoms with Crippen LogP contribution in [0.15, 0.2) is 30.3 Å². The number of anilines is 1. The standard InChI is InChI=1S/C16H17FN2O/c1-9-4-10(2)6-12(5-9)13-7-11(3)15(8-14(13)17)19-16(18)20/h4-8H,1-3H3,(H3,18,19,20). The van der Waals surface area contributed by atoms with Crippen molar-refractivity contribution in [2.45, 2.75) is 20.8 Å². The summed E-state index contributed by atoms with van der Waals surface area (Å²) in [5, 5.41) is 2.41. The van der Waals surface area contributed by atoms with Crippen LogP contribution in [0.3, 0.4) is 0 Å². The van der Waals surface area contributed by atoms with E-state index in [0.717, 1.165) is 22.3 Å². The minimum atomic E-state index is -0.702. The number of nitrogens with one attached hydrogen (secondary N) is 1. The highest BCUT2D eigenvalue weighted by molar-refractivity contribution is 5.89. The first-order valence-corrected chi connectivity index (χ1v) is 6.32. The van der Waals surface area contributed by atoms with Crippen molar-refractivity contribution >= 4 is 11.7 Å². The van der Waals surface area contributed by atoms with Crippen LogP contribution < -0.4 is 11.1 Å². The van der Waals surface area contributed by atoms with Gasteiger partial charge in [0.2, 0.25) is 0 Å². The Bertz CT molecular complexity index is 660. The number of hydrogen-bond donors (Lipinski definition) is 2. The van der Waals surface area contributed by atoms with Gasteiger partial charge in [0.05, 0.1) is 0 Å². The number of nitrogens with two attached hydrogens (primary N) is 1. The van der Waals surface area contributed by atoms with E-state index in [4.69, 9.17) is 5.73 Å². The van der Waals surface area contributed by atoms with Crippen molar-refractivity contribution in [3.8, 4) is 11.1 Å². The number of benzene rings is 2. The Morgan fingerprint density at radius 2 is 1.65 bits per heavy atom. The van der Waals surface area contributed by atoms with Gasteiger partial charge in [-0.1, -0.05) is 29.3 Å². The van der Waals surface area contributed by atoms with Crippen LogP contribution >= 0.6 is 0 Å². The first-order valence-electron chi connectivity index (χ1n) is 6.32. The average molecular weight is 272 g/mol. The van der Waals surface area contributed by atoms with Crippen LogP contribution in [0.1, 0.15) is 16.7 Å². The third kappa shape index (κ3) is 2.96. The van der Waals surface area contributed by atoms with Gasteiger partial charge in [-0.15, -0.1) is 0 Å². The summed E-state index contributed by atoms with van der Waals surface area (Å²) in [6.07, 6.45) is 0. The molecule has 0 bridgehead atoms. The molecule has 0 heterocycles. The fourth-order valence-corrected chi connectivity index (χ4v) is 2.30. The lowest BCUT2D eigenvalue weighted by atomic mass is 9.98. The van der Waals surface area contributed by atoms with E-state index >= 15 is 0 Å². The number of halogens is 1. The number of carbonyl (C=O) groups is 1. The maximum absolute atomic E-state index is 14.2. The lowest BCUT2D eigenvalue weighted by Crippen LogP contribution is -2.20. The predicted molar refractivity (Wildman–Crippen MR) is 79.3 cm³/mol. The smallest absolute Gasteiger partial charge is 0.316 e. The first-order chi connectivity index (χ1) is 9.36. The molecule has 0 aromatic heterocycles. The molecule has 0 aliphatic heterocycles. The Morgan fingerprint density at radius 1 is 1.05 bits per heavy atom. The zero-order valence-corrected chi connectivity index (χ0v) is 11.8. The number of hydrogen-bond acceptors (Lipinski definition) is 1. The van der Waals surface area contributed by atoms with Crippen molar-refractivity contribution in [2.24, 2.45) is 5.73 Å². The van der Waals surface area contributed by atoms with Gasteiger partial charge in [-0.05, 0) is 44.0 Å². The molecule has 0 spiro atoms. The van der Waals surface area contributed by atoms with Crippen molar-refractivity contribution in [1.82, 2.24) is 0 Å². The first kappa shape index (κ1) is 14.1. The Kier molecular flexibility index (Phi) is 3.74. The fourth-order valence-electron chi connectivity index (χ4n) is 2.30. The van der Waals surface area contributed by atoms with Gasteiger partial charge in [0.15, 0.2) is 0 Å². The van der Waals surface area contributed by atoms with Gasteiger partial charge < -0.3 is 11.1 Å². The van der Waals surface area contributed by atoms with Crippen molar-refractivity contribution in [2.75, 3.05) is 5.32 Å². The van der Waals surface area contributed by atoms with Crippen molar-refractivity contribution in [3.63, 3.8) is 0 Å². The second kappa shape index (κ2) is 5.33. The summed E-state index contributed by atoms with van der Waals surface area (Å²) < 4.78 is 14.2. The minimum absolute atomic E-state index is 0.385. The molecule has 20 heavy (non-hydrogen) atoms. The zero-order valence-electron chi connectivity index (χ0n) is 11.8. The Hall–Kier alpha value is -2.36. The lowest BCUT2D eigenvalue weighted by molar-refractivity contribution is 0.259. The molecule has 2 rings (SSSR count). The van der Waals surface area contributed by atoms with Crippen molar-refractivity contribution < 1.29 is 9.18 Å². The molecule has 0 saturated heterocycles. The number of rotatable bonds is 2. The molecule has 0 aliphatic carbocycles. The Morgan fingerprint density at radius 3 is 2.20 bits per heavy atom. The minimum Gasteiger partial charge on any atom is -0.351 e. The van der Waals surface area contributed by atoms with E-state index < -0.39 is 6.03 Å². The molecule has 3 N–H and O–H groups in total. The molecule has 2 aromatic carbocycles. The van der Waals surface area contributed by atoms with Crippen molar-refractivity contribution in [1.29, 1.82) is 0 Å². The molecule has 2 aromatic rings. The number of amides is 2. The molecule has 4 heteroatoms. The van der Waals surface area contributed by atoms with Crippen LogP contribution in [0.2, 0.25) is 0 Å². The van der Waals surface area contributed by atoms with E-state index in [-0.39, 0.29) is 5.82 Å². The van der Waals surface area contributed by atoms with Crippen LogP contribution in [0.4, 0.5) is 14.9 Å². The molecule has 0 unspecified atom stereocenters. The maximum Gasteiger partial charge on any atom is 0.316 e. The molecule has 2 amide bonds. The van der Waals surface area contributed by atoms with E-state index in [1.807, 2.05) is 32.0 Å². The third-order valence-corrected chi connectivity index (χ3v) is 3.10. The van der Waals surface area contributed by atoms with Gasteiger partial charge in [-0.2, -0.15) is 0 Å².